The second-order valence-corrected chi connectivity index (χ2v) is 4.66. The number of hydrogen-bond acceptors (Lipinski definition) is 2. The highest BCUT2D eigenvalue weighted by molar-refractivity contribution is 5.25. The molecule has 2 nitrogen and oxygen atoms in total. The summed E-state index contributed by atoms with van der Waals surface area (Å²) in [7, 11) is 2.04. The summed E-state index contributed by atoms with van der Waals surface area (Å²) in [6, 6.07) is 9.20. The van der Waals surface area contributed by atoms with E-state index in [0.717, 1.165) is 13.2 Å². The summed E-state index contributed by atoms with van der Waals surface area (Å²) >= 11 is 0. The average molecular weight is 219 g/mol. The Hall–Kier alpha value is -0.860. The first-order valence-electron chi connectivity index (χ1n) is 6.13. The monoisotopic (exact) mass is 219 g/mol. The summed E-state index contributed by atoms with van der Waals surface area (Å²) in [5.74, 6) is 0.612. The quantitative estimate of drug-likeness (QED) is 0.844. The van der Waals surface area contributed by atoms with Crippen molar-refractivity contribution in [2.75, 3.05) is 20.3 Å². The third-order valence-corrected chi connectivity index (χ3v) is 3.38. The first kappa shape index (κ1) is 11.6. The first-order valence-corrected chi connectivity index (χ1v) is 6.13. The molecule has 0 radical (unpaired) electrons. The fourth-order valence-electron chi connectivity index (χ4n) is 2.57. The number of nitrogens with one attached hydrogen (secondary N) is 1. The van der Waals surface area contributed by atoms with Gasteiger partial charge in [0.05, 0.1) is 6.61 Å². The van der Waals surface area contributed by atoms with Crippen molar-refractivity contribution >= 4 is 0 Å². The number of benzene rings is 1. The molecule has 0 amide bonds. The predicted molar refractivity (Wildman–Crippen MR) is 66.5 cm³/mol. The molecule has 1 aromatic rings. The lowest BCUT2D eigenvalue weighted by Crippen LogP contribution is -2.31. The van der Waals surface area contributed by atoms with E-state index in [-0.39, 0.29) is 0 Å². The maximum absolute atomic E-state index is 5.58. The van der Waals surface area contributed by atoms with E-state index in [1.807, 2.05) is 7.05 Å². The zero-order valence-corrected chi connectivity index (χ0v) is 10.2. The fourth-order valence-corrected chi connectivity index (χ4v) is 2.57. The summed E-state index contributed by atoms with van der Waals surface area (Å²) < 4.78 is 5.58. The Morgan fingerprint density at radius 2 is 2.31 bits per heavy atom. The molecule has 2 heteroatoms. The van der Waals surface area contributed by atoms with Crippen molar-refractivity contribution in [1.29, 1.82) is 0 Å². The molecule has 2 rings (SSSR count). The number of rotatable bonds is 3. The lowest BCUT2D eigenvalue weighted by atomic mass is 9.88. The summed E-state index contributed by atoms with van der Waals surface area (Å²) in [4.78, 5) is 0. The molecule has 0 bridgehead atoms. The number of ether oxygens (including phenoxy) is 1. The van der Waals surface area contributed by atoms with E-state index in [4.69, 9.17) is 4.74 Å². The van der Waals surface area contributed by atoms with Crippen LogP contribution in [0.25, 0.3) is 0 Å². The normalized spacial score (nSPS) is 23.0. The molecule has 16 heavy (non-hydrogen) atoms. The summed E-state index contributed by atoms with van der Waals surface area (Å²) in [6.07, 6.45) is 2.45. The lowest BCUT2D eigenvalue weighted by Gasteiger charge is -2.30. The average Bonchev–Trinajstić information content (AvgIpc) is 2.31. The molecule has 1 aliphatic rings. The second kappa shape index (κ2) is 5.46. The molecular weight excluding hydrogens is 198 g/mol. The molecule has 0 spiro atoms. The molecule has 1 fully saturated rings. The van der Waals surface area contributed by atoms with Crippen molar-refractivity contribution in [3.8, 4) is 0 Å². The topological polar surface area (TPSA) is 21.3 Å². The first-order chi connectivity index (χ1) is 7.81. The van der Waals surface area contributed by atoms with Gasteiger partial charge in [-0.1, -0.05) is 29.8 Å². The smallest absolute Gasteiger partial charge is 0.0512 e. The summed E-state index contributed by atoms with van der Waals surface area (Å²) in [5, 5.41) is 3.44. The van der Waals surface area contributed by atoms with E-state index in [0.29, 0.717) is 12.0 Å². The van der Waals surface area contributed by atoms with Crippen molar-refractivity contribution < 1.29 is 4.74 Å². The minimum Gasteiger partial charge on any atom is -0.381 e. The minimum absolute atomic E-state index is 0.431. The van der Waals surface area contributed by atoms with Crippen molar-refractivity contribution in [2.24, 2.45) is 5.92 Å². The van der Waals surface area contributed by atoms with E-state index in [1.54, 1.807) is 0 Å². The Bertz CT molecular complexity index is 331. The molecule has 1 aromatic carbocycles. The van der Waals surface area contributed by atoms with Crippen LogP contribution in [0.2, 0.25) is 0 Å². The number of aryl methyl sites for hydroxylation is 1. The highest BCUT2D eigenvalue weighted by Crippen LogP contribution is 2.28. The highest BCUT2D eigenvalue weighted by atomic mass is 16.5. The minimum atomic E-state index is 0.431. The second-order valence-electron chi connectivity index (χ2n) is 4.66. The summed E-state index contributed by atoms with van der Waals surface area (Å²) in [6.45, 7) is 3.97. The van der Waals surface area contributed by atoms with Crippen LogP contribution in [0, 0.1) is 12.8 Å². The van der Waals surface area contributed by atoms with Crippen LogP contribution in [-0.4, -0.2) is 20.3 Å². The highest BCUT2D eigenvalue weighted by Gasteiger charge is 2.24. The van der Waals surface area contributed by atoms with Gasteiger partial charge in [-0.25, -0.2) is 0 Å². The Morgan fingerprint density at radius 1 is 1.44 bits per heavy atom. The van der Waals surface area contributed by atoms with Crippen LogP contribution in [-0.2, 0) is 4.74 Å². The Balaban J connectivity index is 2.14. The van der Waals surface area contributed by atoms with E-state index in [2.05, 4.69) is 36.5 Å². The largest absolute Gasteiger partial charge is 0.381 e. The van der Waals surface area contributed by atoms with Crippen LogP contribution < -0.4 is 5.32 Å². The maximum atomic E-state index is 5.58. The summed E-state index contributed by atoms with van der Waals surface area (Å²) in [5.41, 5.74) is 2.72. The van der Waals surface area contributed by atoms with Gasteiger partial charge in [-0.15, -0.1) is 0 Å². The molecular formula is C14H21NO. The molecule has 1 saturated heterocycles. The third-order valence-electron chi connectivity index (χ3n) is 3.38. The lowest BCUT2D eigenvalue weighted by molar-refractivity contribution is 0.0402. The molecule has 1 aliphatic heterocycles. The van der Waals surface area contributed by atoms with Crippen LogP contribution in [0.4, 0.5) is 0 Å². The van der Waals surface area contributed by atoms with Crippen molar-refractivity contribution in [2.45, 2.75) is 25.8 Å². The van der Waals surface area contributed by atoms with Crippen LogP contribution in [0.15, 0.2) is 24.3 Å². The predicted octanol–water partition coefficient (Wildman–Crippen LogP) is 2.68. The standard InChI is InChI=1S/C14H21NO/c1-11-5-3-6-12(9-11)14(15-2)13-7-4-8-16-10-13/h3,5-6,9,13-15H,4,7-8,10H2,1-2H3. The van der Waals surface area contributed by atoms with Crippen molar-refractivity contribution in [1.82, 2.24) is 5.32 Å². The molecule has 0 saturated carbocycles. The SMILES string of the molecule is CNC(c1cccc(C)c1)C1CCCOC1. The molecule has 2 unspecified atom stereocenters. The van der Waals surface area contributed by atoms with E-state index in [9.17, 15) is 0 Å². The van der Waals surface area contributed by atoms with E-state index in [1.165, 1.54) is 24.0 Å². The molecule has 1 heterocycles. The Labute approximate surface area is 98.0 Å². The van der Waals surface area contributed by atoms with Gasteiger partial charge in [0.2, 0.25) is 0 Å². The number of hydrogen-bond donors (Lipinski definition) is 1. The zero-order chi connectivity index (χ0) is 11.4. The van der Waals surface area contributed by atoms with Crippen molar-refractivity contribution in [3.63, 3.8) is 0 Å². The third kappa shape index (κ3) is 2.63. The molecule has 1 N–H and O–H groups in total. The van der Waals surface area contributed by atoms with Gasteiger partial charge in [-0.2, -0.15) is 0 Å². The van der Waals surface area contributed by atoms with Crippen molar-refractivity contribution in [3.05, 3.63) is 35.4 Å². The van der Waals surface area contributed by atoms with Gasteiger partial charge in [-0.05, 0) is 32.4 Å². The van der Waals surface area contributed by atoms with Gasteiger partial charge in [0.1, 0.15) is 0 Å². The van der Waals surface area contributed by atoms with Crippen LogP contribution in [0.3, 0.4) is 0 Å². The van der Waals surface area contributed by atoms with Gasteiger partial charge >= 0.3 is 0 Å². The fraction of sp³-hybridized carbons (Fsp3) is 0.571. The molecule has 88 valence electrons. The zero-order valence-electron chi connectivity index (χ0n) is 10.2. The van der Waals surface area contributed by atoms with Crippen LogP contribution in [0.1, 0.15) is 30.0 Å². The van der Waals surface area contributed by atoms with Gasteiger partial charge in [0, 0.05) is 18.6 Å². The van der Waals surface area contributed by atoms with E-state index < -0.39 is 0 Å². The molecule has 2 atom stereocenters. The molecule has 0 aromatic heterocycles. The van der Waals surface area contributed by atoms with Crippen LogP contribution >= 0.6 is 0 Å². The van der Waals surface area contributed by atoms with Gasteiger partial charge in [0.15, 0.2) is 0 Å². The van der Waals surface area contributed by atoms with E-state index >= 15 is 0 Å². The Morgan fingerprint density at radius 3 is 2.94 bits per heavy atom. The molecule has 0 aliphatic carbocycles. The van der Waals surface area contributed by atoms with Gasteiger partial charge in [0.25, 0.3) is 0 Å². The van der Waals surface area contributed by atoms with Gasteiger partial charge < -0.3 is 10.1 Å². The Kier molecular flexibility index (Phi) is 3.97. The van der Waals surface area contributed by atoms with Gasteiger partial charge in [-0.3, -0.25) is 0 Å². The van der Waals surface area contributed by atoms with Crippen LogP contribution in [0.5, 0.6) is 0 Å². The maximum Gasteiger partial charge on any atom is 0.0512 e.